The van der Waals surface area contributed by atoms with Crippen molar-refractivity contribution in [3.8, 4) is 11.8 Å². The van der Waals surface area contributed by atoms with Gasteiger partial charge in [0.25, 0.3) is 5.56 Å². The van der Waals surface area contributed by atoms with E-state index in [2.05, 4.69) is 16.0 Å². The molecule has 30 heavy (non-hydrogen) atoms. The van der Waals surface area contributed by atoms with Crippen LogP contribution in [0.2, 0.25) is 0 Å². The molecule has 4 aromatic rings. The van der Waals surface area contributed by atoms with Crippen LogP contribution in [0.3, 0.4) is 0 Å². The summed E-state index contributed by atoms with van der Waals surface area (Å²) in [5, 5.41) is 10.2. The summed E-state index contributed by atoms with van der Waals surface area (Å²) in [7, 11) is 0. The molecule has 0 amide bonds. The van der Waals surface area contributed by atoms with Gasteiger partial charge in [-0.15, -0.1) is 11.3 Å². The second-order valence-corrected chi connectivity index (χ2v) is 8.09. The number of fused-ring (bicyclic) bond motifs is 1. The molecule has 1 N–H and O–H groups in total. The van der Waals surface area contributed by atoms with Gasteiger partial charge in [0.15, 0.2) is 5.82 Å². The van der Waals surface area contributed by atoms with Crippen molar-refractivity contribution >= 4 is 33.2 Å². The van der Waals surface area contributed by atoms with E-state index in [1.54, 1.807) is 6.08 Å². The lowest BCUT2D eigenvalue weighted by Gasteiger charge is -2.06. The predicted octanol–water partition coefficient (Wildman–Crippen LogP) is 5.24. The van der Waals surface area contributed by atoms with Gasteiger partial charge in [-0.3, -0.25) is 4.79 Å². The Labute approximate surface area is 177 Å². The first-order valence-electron chi connectivity index (χ1n) is 9.44. The van der Waals surface area contributed by atoms with E-state index in [1.165, 1.54) is 11.3 Å². The third kappa shape index (κ3) is 4.02. The van der Waals surface area contributed by atoms with Crippen molar-refractivity contribution in [3.63, 3.8) is 0 Å². The van der Waals surface area contributed by atoms with Gasteiger partial charge in [-0.2, -0.15) is 5.26 Å². The highest BCUT2D eigenvalue weighted by Gasteiger charge is 2.14. The molecule has 0 unspecified atom stereocenters. The Morgan fingerprint density at radius 1 is 1.17 bits per heavy atom. The van der Waals surface area contributed by atoms with Crippen molar-refractivity contribution in [2.24, 2.45) is 0 Å². The van der Waals surface area contributed by atoms with E-state index in [-0.39, 0.29) is 11.4 Å². The molecule has 148 valence electrons. The number of hydrogen-bond donors (Lipinski definition) is 1. The molecule has 0 aliphatic heterocycles. The number of H-pyrrole nitrogens is 1. The molecule has 0 atom stereocenters. The smallest absolute Gasteiger partial charge is 0.260 e. The number of nitrogens with zero attached hydrogens (tertiary/aromatic N) is 2. The summed E-state index contributed by atoms with van der Waals surface area (Å²) in [5.74, 6) is 1.02. The van der Waals surface area contributed by atoms with Crippen LogP contribution in [0, 0.1) is 25.2 Å². The van der Waals surface area contributed by atoms with E-state index in [4.69, 9.17) is 4.74 Å². The minimum absolute atomic E-state index is 0.220. The Balaban J connectivity index is 1.58. The van der Waals surface area contributed by atoms with E-state index >= 15 is 0 Å². The van der Waals surface area contributed by atoms with Crippen molar-refractivity contribution in [3.05, 3.63) is 92.3 Å². The third-order valence-electron chi connectivity index (χ3n) is 4.85. The highest BCUT2D eigenvalue weighted by atomic mass is 32.1. The summed E-state index contributed by atoms with van der Waals surface area (Å²) in [6, 6.07) is 19.5. The number of benzene rings is 2. The van der Waals surface area contributed by atoms with Crippen LogP contribution in [0.25, 0.3) is 21.9 Å². The van der Waals surface area contributed by atoms with Crippen molar-refractivity contribution < 1.29 is 4.74 Å². The minimum Gasteiger partial charge on any atom is -0.489 e. The maximum Gasteiger partial charge on any atom is 0.260 e. The molecule has 0 saturated heterocycles. The number of hydrogen-bond acceptors (Lipinski definition) is 5. The Hall–Kier alpha value is -3.69. The maximum absolute atomic E-state index is 12.5. The van der Waals surface area contributed by atoms with Gasteiger partial charge in [0.1, 0.15) is 23.3 Å². The fraction of sp³-hybridized carbons (Fsp3) is 0.125. The van der Waals surface area contributed by atoms with Gasteiger partial charge in [-0.05, 0) is 48.7 Å². The molecule has 6 heteroatoms. The number of nitrogens with one attached hydrogen (secondary N) is 1. The van der Waals surface area contributed by atoms with Crippen molar-refractivity contribution in [2.45, 2.75) is 20.5 Å². The van der Waals surface area contributed by atoms with Gasteiger partial charge in [0, 0.05) is 4.88 Å². The third-order valence-corrected chi connectivity index (χ3v) is 5.96. The van der Waals surface area contributed by atoms with Crippen molar-refractivity contribution in [2.75, 3.05) is 0 Å². The van der Waals surface area contributed by atoms with Gasteiger partial charge in [0.05, 0.1) is 11.0 Å². The SMILES string of the molecule is Cc1sc2nc(/C(C#N)=C/c3ccc(OCc4ccccc4)cc3)[nH]c(=O)c2c1C. The Bertz CT molecular complexity index is 1330. The molecule has 2 heterocycles. The number of thiophene rings is 1. The molecule has 0 radical (unpaired) electrons. The predicted molar refractivity (Wildman–Crippen MR) is 120 cm³/mol. The van der Waals surface area contributed by atoms with E-state index in [9.17, 15) is 10.1 Å². The van der Waals surface area contributed by atoms with Crippen LogP contribution >= 0.6 is 11.3 Å². The van der Waals surface area contributed by atoms with Crippen LogP contribution in [0.5, 0.6) is 5.75 Å². The second-order valence-electron chi connectivity index (χ2n) is 6.89. The van der Waals surface area contributed by atoms with Crippen LogP contribution in [0.4, 0.5) is 0 Å². The monoisotopic (exact) mass is 413 g/mol. The summed E-state index contributed by atoms with van der Waals surface area (Å²) >= 11 is 1.46. The molecule has 0 aliphatic rings. The number of allylic oxidation sites excluding steroid dienone is 1. The van der Waals surface area contributed by atoms with Crippen LogP contribution < -0.4 is 10.3 Å². The summed E-state index contributed by atoms with van der Waals surface area (Å²) in [6.45, 7) is 4.36. The average molecular weight is 414 g/mol. The summed E-state index contributed by atoms with van der Waals surface area (Å²) in [5.41, 5.74) is 2.93. The Morgan fingerprint density at radius 2 is 1.90 bits per heavy atom. The zero-order valence-electron chi connectivity index (χ0n) is 16.6. The second kappa shape index (κ2) is 8.36. The fourth-order valence-corrected chi connectivity index (χ4v) is 4.13. The molecule has 5 nitrogen and oxygen atoms in total. The van der Waals surface area contributed by atoms with Crippen molar-refractivity contribution in [1.29, 1.82) is 5.26 Å². The van der Waals surface area contributed by atoms with Gasteiger partial charge in [0.2, 0.25) is 0 Å². The molecule has 0 spiro atoms. The zero-order chi connectivity index (χ0) is 21.1. The highest BCUT2D eigenvalue weighted by Crippen LogP contribution is 2.27. The standard InChI is InChI=1S/C24H19N3O2S/c1-15-16(2)30-24-21(15)23(28)26-22(27-24)19(13-25)12-17-8-10-20(11-9-17)29-14-18-6-4-3-5-7-18/h3-12H,14H2,1-2H3,(H,26,27,28)/b19-12+. The van der Waals surface area contributed by atoms with E-state index in [0.717, 1.165) is 27.3 Å². The number of aryl methyl sites for hydroxylation is 2. The lowest BCUT2D eigenvalue weighted by atomic mass is 10.1. The highest BCUT2D eigenvalue weighted by molar-refractivity contribution is 7.18. The first kappa shape index (κ1) is 19.6. The largest absolute Gasteiger partial charge is 0.489 e. The minimum atomic E-state index is -0.220. The van der Waals surface area contributed by atoms with Crippen LogP contribution in [0.1, 0.15) is 27.4 Å². The average Bonchev–Trinajstić information content (AvgIpc) is 3.06. The maximum atomic E-state index is 12.5. The van der Waals surface area contributed by atoms with Crippen molar-refractivity contribution in [1.82, 2.24) is 9.97 Å². The first-order valence-corrected chi connectivity index (χ1v) is 10.3. The van der Waals surface area contributed by atoms with Gasteiger partial charge in [-0.1, -0.05) is 42.5 Å². The molecule has 2 aromatic carbocycles. The van der Waals surface area contributed by atoms with Crippen LogP contribution in [-0.2, 0) is 6.61 Å². The molecular weight excluding hydrogens is 394 g/mol. The molecular formula is C24H19N3O2S. The molecule has 0 fully saturated rings. The van der Waals surface area contributed by atoms with E-state index in [0.29, 0.717) is 22.4 Å². The summed E-state index contributed by atoms with van der Waals surface area (Å²) < 4.78 is 5.80. The summed E-state index contributed by atoms with van der Waals surface area (Å²) in [6.07, 6.45) is 1.71. The molecule has 0 saturated carbocycles. The Morgan fingerprint density at radius 3 is 2.60 bits per heavy atom. The van der Waals surface area contributed by atoms with E-state index in [1.807, 2.05) is 68.4 Å². The van der Waals surface area contributed by atoms with Crippen LogP contribution in [-0.4, -0.2) is 9.97 Å². The lowest BCUT2D eigenvalue weighted by Crippen LogP contribution is -2.10. The number of ether oxygens (including phenoxy) is 1. The summed E-state index contributed by atoms with van der Waals surface area (Å²) in [4.78, 5) is 21.5. The molecule has 0 aliphatic carbocycles. The lowest BCUT2D eigenvalue weighted by molar-refractivity contribution is 0.306. The molecule has 2 aromatic heterocycles. The first-order chi connectivity index (χ1) is 14.5. The number of rotatable bonds is 5. The number of nitriles is 1. The zero-order valence-corrected chi connectivity index (χ0v) is 17.4. The normalized spacial score (nSPS) is 11.4. The quantitative estimate of drug-likeness (QED) is 0.454. The van der Waals surface area contributed by atoms with E-state index < -0.39 is 0 Å². The fourth-order valence-electron chi connectivity index (χ4n) is 3.10. The number of aromatic amines is 1. The van der Waals surface area contributed by atoms with Gasteiger partial charge in [-0.25, -0.2) is 4.98 Å². The van der Waals surface area contributed by atoms with Crippen LogP contribution in [0.15, 0.2) is 59.4 Å². The molecule has 0 bridgehead atoms. The topological polar surface area (TPSA) is 78.8 Å². The number of aromatic nitrogens is 2. The Kier molecular flexibility index (Phi) is 5.46. The van der Waals surface area contributed by atoms with Gasteiger partial charge < -0.3 is 9.72 Å². The molecule has 4 rings (SSSR count). The van der Waals surface area contributed by atoms with Gasteiger partial charge >= 0.3 is 0 Å².